The van der Waals surface area contributed by atoms with Crippen LogP contribution < -0.4 is 4.90 Å². The first-order valence-corrected chi connectivity index (χ1v) is 8.95. The van der Waals surface area contributed by atoms with Crippen LogP contribution >= 0.6 is 0 Å². The Labute approximate surface area is 160 Å². The molecule has 0 radical (unpaired) electrons. The predicted octanol–water partition coefficient (Wildman–Crippen LogP) is 1.23. The van der Waals surface area contributed by atoms with E-state index in [2.05, 4.69) is 20.0 Å². The second-order valence-electron chi connectivity index (χ2n) is 6.70. The standard InChI is InChI=1S/C18H19N7O3/c1-13-10-16(24-18(21-13)19-12-20-24)22-6-8-23(9-7-22)17(26)11-14-2-4-15(5-3-14)25(27)28/h2-5,10,12H,6-9,11H2,1H3. The highest BCUT2D eigenvalue weighted by atomic mass is 16.6. The lowest BCUT2D eigenvalue weighted by atomic mass is 10.1. The van der Waals surface area contributed by atoms with Crippen LogP contribution in [0, 0.1) is 17.0 Å². The van der Waals surface area contributed by atoms with Crippen molar-refractivity contribution in [3.63, 3.8) is 0 Å². The lowest BCUT2D eigenvalue weighted by molar-refractivity contribution is -0.384. The third-order valence-electron chi connectivity index (χ3n) is 4.82. The molecule has 3 aromatic rings. The average molecular weight is 381 g/mol. The topological polar surface area (TPSA) is 110 Å². The van der Waals surface area contributed by atoms with Gasteiger partial charge in [-0.3, -0.25) is 14.9 Å². The summed E-state index contributed by atoms with van der Waals surface area (Å²) in [6, 6.07) is 8.09. The van der Waals surface area contributed by atoms with Gasteiger partial charge in [-0.25, -0.2) is 4.98 Å². The molecule has 1 saturated heterocycles. The van der Waals surface area contributed by atoms with Crippen LogP contribution in [0.2, 0.25) is 0 Å². The van der Waals surface area contributed by atoms with E-state index < -0.39 is 4.92 Å². The van der Waals surface area contributed by atoms with Gasteiger partial charge < -0.3 is 9.80 Å². The first kappa shape index (κ1) is 17.8. The maximum absolute atomic E-state index is 12.6. The summed E-state index contributed by atoms with van der Waals surface area (Å²) in [7, 11) is 0. The third kappa shape index (κ3) is 3.48. The summed E-state index contributed by atoms with van der Waals surface area (Å²) in [5, 5.41) is 15.0. The number of hydrogen-bond acceptors (Lipinski definition) is 7. The number of carbonyl (C=O) groups is 1. The highest BCUT2D eigenvalue weighted by Gasteiger charge is 2.23. The number of nitro groups is 1. The molecule has 1 amide bonds. The van der Waals surface area contributed by atoms with Crippen molar-refractivity contribution < 1.29 is 9.72 Å². The summed E-state index contributed by atoms with van der Waals surface area (Å²) < 4.78 is 1.71. The summed E-state index contributed by atoms with van der Waals surface area (Å²) in [6.07, 6.45) is 1.72. The molecule has 0 aliphatic carbocycles. The van der Waals surface area contributed by atoms with Gasteiger partial charge in [0.15, 0.2) is 0 Å². The molecule has 2 aromatic heterocycles. The van der Waals surface area contributed by atoms with E-state index in [1.54, 1.807) is 16.6 Å². The molecule has 0 atom stereocenters. The van der Waals surface area contributed by atoms with Crippen LogP contribution in [-0.4, -0.2) is 61.5 Å². The highest BCUT2D eigenvalue weighted by Crippen LogP contribution is 2.19. The van der Waals surface area contributed by atoms with Gasteiger partial charge in [0.25, 0.3) is 11.5 Å². The molecule has 3 heterocycles. The van der Waals surface area contributed by atoms with Crippen molar-refractivity contribution in [2.75, 3.05) is 31.1 Å². The summed E-state index contributed by atoms with van der Waals surface area (Å²) in [5.74, 6) is 1.50. The molecule has 144 valence electrons. The lowest BCUT2D eigenvalue weighted by Crippen LogP contribution is -2.49. The molecule has 10 nitrogen and oxygen atoms in total. The smallest absolute Gasteiger partial charge is 0.269 e. The van der Waals surface area contributed by atoms with Gasteiger partial charge in [0.2, 0.25) is 5.91 Å². The van der Waals surface area contributed by atoms with E-state index >= 15 is 0 Å². The van der Waals surface area contributed by atoms with Gasteiger partial charge in [0.05, 0.1) is 11.3 Å². The van der Waals surface area contributed by atoms with Gasteiger partial charge in [-0.2, -0.15) is 14.6 Å². The van der Waals surface area contributed by atoms with Gasteiger partial charge in [0.1, 0.15) is 12.1 Å². The Morgan fingerprint density at radius 2 is 1.89 bits per heavy atom. The van der Waals surface area contributed by atoms with Crippen molar-refractivity contribution in [3.8, 4) is 0 Å². The molecule has 0 unspecified atom stereocenters. The molecule has 0 bridgehead atoms. The number of carbonyl (C=O) groups excluding carboxylic acids is 1. The number of fused-ring (bicyclic) bond motifs is 1. The first-order valence-electron chi connectivity index (χ1n) is 8.95. The molecule has 0 N–H and O–H groups in total. The Morgan fingerprint density at radius 3 is 2.57 bits per heavy atom. The van der Waals surface area contributed by atoms with E-state index in [1.165, 1.54) is 18.5 Å². The summed E-state index contributed by atoms with van der Waals surface area (Å²) in [6.45, 7) is 4.49. The van der Waals surface area contributed by atoms with Crippen molar-refractivity contribution in [1.82, 2.24) is 24.5 Å². The molecule has 1 aromatic carbocycles. The maximum atomic E-state index is 12.6. The zero-order valence-corrected chi connectivity index (χ0v) is 15.4. The van der Waals surface area contributed by atoms with Gasteiger partial charge in [-0.1, -0.05) is 12.1 Å². The van der Waals surface area contributed by atoms with Gasteiger partial charge in [-0.15, -0.1) is 0 Å². The molecule has 10 heteroatoms. The largest absolute Gasteiger partial charge is 0.353 e. The minimum Gasteiger partial charge on any atom is -0.353 e. The monoisotopic (exact) mass is 381 g/mol. The Balaban J connectivity index is 1.40. The molecule has 0 saturated carbocycles. The SMILES string of the molecule is Cc1cc(N2CCN(C(=O)Cc3ccc([N+](=O)[O-])cc3)CC2)n2ncnc2n1. The molecule has 1 fully saturated rings. The fraction of sp³-hybridized carbons (Fsp3) is 0.333. The van der Waals surface area contributed by atoms with Gasteiger partial charge in [-0.05, 0) is 12.5 Å². The molecular weight excluding hydrogens is 362 g/mol. The number of anilines is 1. The predicted molar refractivity (Wildman–Crippen MR) is 101 cm³/mol. The maximum Gasteiger partial charge on any atom is 0.269 e. The summed E-state index contributed by atoms with van der Waals surface area (Å²) in [4.78, 5) is 35.4. The first-order chi connectivity index (χ1) is 13.5. The van der Waals surface area contributed by atoms with Crippen LogP contribution in [-0.2, 0) is 11.2 Å². The van der Waals surface area contributed by atoms with Crippen LogP contribution in [0.5, 0.6) is 0 Å². The minimum absolute atomic E-state index is 0.0188. The zero-order chi connectivity index (χ0) is 19.7. The summed E-state index contributed by atoms with van der Waals surface area (Å²) >= 11 is 0. The van der Waals surface area contributed by atoms with E-state index in [-0.39, 0.29) is 18.0 Å². The average Bonchev–Trinajstić information content (AvgIpc) is 3.16. The van der Waals surface area contributed by atoms with Gasteiger partial charge in [0, 0.05) is 50.1 Å². The minimum atomic E-state index is -0.447. The number of amides is 1. The Kier molecular flexibility index (Phi) is 4.60. The second kappa shape index (κ2) is 7.22. The van der Waals surface area contributed by atoms with Crippen molar-refractivity contribution in [1.29, 1.82) is 0 Å². The number of piperazine rings is 1. The van der Waals surface area contributed by atoms with Crippen molar-refractivity contribution in [2.24, 2.45) is 0 Å². The number of aromatic nitrogens is 4. The van der Waals surface area contributed by atoms with Crippen LogP contribution in [0.25, 0.3) is 5.78 Å². The Bertz CT molecular complexity index is 1020. The van der Waals surface area contributed by atoms with Gasteiger partial charge >= 0.3 is 0 Å². The van der Waals surface area contributed by atoms with Crippen LogP contribution in [0.4, 0.5) is 11.5 Å². The fourth-order valence-corrected chi connectivity index (χ4v) is 3.34. The summed E-state index contributed by atoms with van der Waals surface area (Å²) in [5.41, 5.74) is 1.66. The lowest BCUT2D eigenvalue weighted by Gasteiger charge is -2.36. The van der Waals surface area contributed by atoms with Crippen molar-refractivity contribution in [3.05, 3.63) is 58.0 Å². The second-order valence-corrected chi connectivity index (χ2v) is 6.70. The number of benzene rings is 1. The zero-order valence-electron chi connectivity index (χ0n) is 15.4. The van der Waals surface area contributed by atoms with Crippen LogP contribution in [0.15, 0.2) is 36.7 Å². The van der Waals surface area contributed by atoms with E-state index in [1.807, 2.05) is 17.9 Å². The number of hydrogen-bond donors (Lipinski definition) is 0. The number of nitrogens with zero attached hydrogens (tertiary/aromatic N) is 7. The van der Waals surface area contributed by atoms with Crippen LogP contribution in [0.1, 0.15) is 11.3 Å². The molecule has 1 aliphatic heterocycles. The fourth-order valence-electron chi connectivity index (χ4n) is 3.34. The van der Waals surface area contributed by atoms with E-state index in [4.69, 9.17) is 0 Å². The van der Waals surface area contributed by atoms with E-state index in [0.717, 1.165) is 17.1 Å². The molecule has 28 heavy (non-hydrogen) atoms. The normalized spacial score (nSPS) is 14.5. The van der Waals surface area contributed by atoms with Crippen molar-refractivity contribution >= 4 is 23.2 Å². The number of rotatable bonds is 4. The third-order valence-corrected chi connectivity index (χ3v) is 4.82. The van der Waals surface area contributed by atoms with E-state index in [9.17, 15) is 14.9 Å². The number of non-ortho nitro benzene ring substituents is 1. The number of nitro benzene ring substituents is 1. The molecule has 1 aliphatic rings. The Hall–Kier alpha value is -3.56. The van der Waals surface area contributed by atoms with Crippen LogP contribution in [0.3, 0.4) is 0 Å². The molecular formula is C18H19N7O3. The Morgan fingerprint density at radius 1 is 1.18 bits per heavy atom. The van der Waals surface area contributed by atoms with Crippen molar-refractivity contribution in [2.45, 2.75) is 13.3 Å². The molecule has 4 rings (SSSR count). The number of aryl methyl sites for hydroxylation is 1. The molecule has 0 spiro atoms. The quantitative estimate of drug-likeness (QED) is 0.494. The van der Waals surface area contributed by atoms with E-state index in [0.29, 0.717) is 32.0 Å². The highest BCUT2D eigenvalue weighted by molar-refractivity contribution is 5.79.